The molecule has 7 heteroatoms. The Morgan fingerprint density at radius 2 is 2.00 bits per heavy atom. The number of nitrogens with two attached hydrogens (primary N) is 2. The number of nitrogens with zero attached hydrogens (tertiary/aromatic N) is 1. The molecule has 0 aliphatic carbocycles. The van der Waals surface area contributed by atoms with Gasteiger partial charge in [0.2, 0.25) is 5.91 Å². The van der Waals surface area contributed by atoms with Crippen LogP contribution in [0.2, 0.25) is 0 Å². The van der Waals surface area contributed by atoms with Crippen molar-refractivity contribution in [3.8, 4) is 0 Å². The minimum atomic E-state index is -0.919. The van der Waals surface area contributed by atoms with Crippen LogP contribution < -0.4 is 11.5 Å². The van der Waals surface area contributed by atoms with Gasteiger partial charge in [0.1, 0.15) is 0 Å². The van der Waals surface area contributed by atoms with Crippen molar-refractivity contribution < 1.29 is 19.4 Å². The van der Waals surface area contributed by atoms with Crippen LogP contribution in [0.15, 0.2) is 0 Å². The molecule has 0 aromatic carbocycles. The molecule has 22 heavy (non-hydrogen) atoms. The van der Waals surface area contributed by atoms with E-state index in [1.807, 2.05) is 0 Å². The zero-order valence-electron chi connectivity index (χ0n) is 13.2. The Labute approximate surface area is 130 Å². The van der Waals surface area contributed by atoms with Gasteiger partial charge in [0.25, 0.3) is 0 Å². The summed E-state index contributed by atoms with van der Waals surface area (Å²) in [7, 11) is 1.79. The van der Waals surface area contributed by atoms with Crippen molar-refractivity contribution in [2.45, 2.75) is 49.5 Å². The molecule has 0 aromatic heterocycles. The first-order chi connectivity index (χ1) is 10.4. The quantitative estimate of drug-likeness (QED) is 0.592. The number of aliphatic hydroxyl groups is 1. The highest BCUT2D eigenvalue weighted by atomic mass is 16.5. The van der Waals surface area contributed by atoms with Gasteiger partial charge in [-0.15, -0.1) is 0 Å². The number of hydrogen-bond donors (Lipinski definition) is 3. The Morgan fingerprint density at radius 1 is 1.32 bits per heavy atom. The number of ether oxygens (including phenoxy) is 2. The zero-order chi connectivity index (χ0) is 16.0. The lowest BCUT2D eigenvalue weighted by Gasteiger charge is -2.42. The summed E-state index contributed by atoms with van der Waals surface area (Å²) in [4.78, 5) is 14.5. The van der Waals surface area contributed by atoms with E-state index in [-0.39, 0.29) is 30.6 Å². The van der Waals surface area contributed by atoms with E-state index in [0.717, 1.165) is 0 Å². The number of likely N-dealkylation sites (N-methyl/N-ethyl adjacent to an activating group) is 1. The average Bonchev–Trinajstić information content (AvgIpc) is 2.70. The van der Waals surface area contributed by atoms with Gasteiger partial charge in [-0.1, -0.05) is 0 Å². The maximum Gasteiger partial charge on any atom is 0.230 e. The first-order valence-electron chi connectivity index (χ1n) is 8.08. The molecule has 0 saturated carbocycles. The Hall–Kier alpha value is -0.730. The lowest BCUT2D eigenvalue weighted by Crippen LogP contribution is -2.57. The molecule has 0 radical (unpaired) electrons. The van der Waals surface area contributed by atoms with Gasteiger partial charge in [0, 0.05) is 52.3 Å². The third kappa shape index (κ3) is 2.35. The van der Waals surface area contributed by atoms with E-state index < -0.39 is 11.0 Å². The third-order valence-electron chi connectivity index (χ3n) is 5.83. The number of amides is 1. The van der Waals surface area contributed by atoms with Crippen molar-refractivity contribution in [3.63, 3.8) is 0 Å². The monoisotopic (exact) mass is 313 g/mol. The van der Waals surface area contributed by atoms with Crippen LogP contribution in [0.3, 0.4) is 0 Å². The van der Waals surface area contributed by atoms with Crippen LogP contribution in [0.5, 0.6) is 0 Å². The summed E-state index contributed by atoms with van der Waals surface area (Å²) in [6, 6.07) is -0.525. The van der Waals surface area contributed by atoms with Gasteiger partial charge in [-0.05, 0) is 12.8 Å². The molecule has 0 aromatic rings. The molecule has 3 saturated heterocycles. The summed E-state index contributed by atoms with van der Waals surface area (Å²) >= 11 is 0. The summed E-state index contributed by atoms with van der Waals surface area (Å²) in [6.45, 7) is 1.78. The molecule has 0 bridgehead atoms. The standard InChI is InChI=1S/C15H27N3O4/c1-18-11(10-8-14(20,9-16)2-7-22-10)12(17)15(13(18)19)3-5-21-6-4-15/h10-12,20H,2-9,16-17H2,1H3. The Kier molecular flexibility index (Phi) is 4.20. The number of carbonyl (C=O) groups excluding carboxylic acids is 1. The lowest BCUT2D eigenvalue weighted by molar-refractivity contribution is -0.143. The number of hydrogen-bond acceptors (Lipinski definition) is 6. The van der Waals surface area contributed by atoms with Crippen LogP contribution in [0.1, 0.15) is 25.7 Å². The second-order valence-corrected chi connectivity index (χ2v) is 6.99. The van der Waals surface area contributed by atoms with Crippen molar-refractivity contribution in [2.75, 3.05) is 33.4 Å². The van der Waals surface area contributed by atoms with E-state index in [4.69, 9.17) is 20.9 Å². The summed E-state index contributed by atoms with van der Waals surface area (Å²) < 4.78 is 11.3. The van der Waals surface area contributed by atoms with Crippen molar-refractivity contribution in [1.82, 2.24) is 4.90 Å². The highest BCUT2D eigenvalue weighted by Gasteiger charge is 2.59. The van der Waals surface area contributed by atoms with Crippen LogP contribution in [-0.4, -0.2) is 73.1 Å². The molecule has 3 aliphatic rings. The first-order valence-corrected chi connectivity index (χ1v) is 8.08. The second kappa shape index (κ2) is 5.72. The zero-order valence-corrected chi connectivity index (χ0v) is 13.2. The fourth-order valence-corrected chi connectivity index (χ4v) is 4.30. The van der Waals surface area contributed by atoms with E-state index in [2.05, 4.69) is 0 Å². The van der Waals surface area contributed by atoms with E-state index in [0.29, 0.717) is 45.5 Å². The number of likely N-dealkylation sites (tertiary alicyclic amines) is 1. The lowest BCUT2D eigenvalue weighted by atomic mass is 9.72. The smallest absolute Gasteiger partial charge is 0.230 e. The van der Waals surface area contributed by atoms with Crippen LogP contribution in [-0.2, 0) is 14.3 Å². The van der Waals surface area contributed by atoms with Crippen molar-refractivity contribution in [2.24, 2.45) is 16.9 Å². The van der Waals surface area contributed by atoms with Gasteiger partial charge in [-0.2, -0.15) is 0 Å². The number of carbonyl (C=O) groups is 1. The largest absolute Gasteiger partial charge is 0.388 e. The molecule has 5 N–H and O–H groups in total. The fourth-order valence-electron chi connectivity index (χ4n) is 4.30. The Bertz CT molecular complexity index is 441. The second-order valence-electron chi connectivity index (χ2n) is 6.99. The molecule has 1 spiro atoms. The maximum absolute atomic E-state index is 12.8. The van der Waals surface area contributed by atoms with E-state index in [1.165, 1.54) is 0 Å². The molecule has 3 heterocycles. The highest BCUT2D eigenvalue weighted by Crippen LogP contribution is 2.45. The van der Waals surface area contributed by atoms with Gasteiger partial charge in [0.15, 0.2) is 0 Å². The van der Waals surface area contributed by atoms with Crippen LogP contribution >= 0.6 is 0 Å². The Balaban J connectivity index is 1.83. The predicted molar refractivity (Wildman–Crippen MR) is 80.0 cm³/mol. The molecular formula is C15H27N3O4. The van der Waals surface area contributed by atoms with Crippen LogP contribution in [0.4, 0.5) is 0 Å². The summed E-state index contributed by atoms with van der Waals surface area (Å²) in [5.74, 6) is 0.0822. The molecule has 1 amide bonds. The normalized spacial score (nSPS) is 42.1. The van der Waals surface area contributed by atoms with Crippen LogP contribution in [0.25, 0.3) is 0 Å². The van der Waals surface area contributed by atoms with Gasteiger partial charge in [-0.25, -0.2) is 0 Å². The molecule has 3 aliphatic heterocycles. The molecular weight excluding hydrogens is 286 g/mol. The topological polar surface area (TPSA) is 111 Å². The van der Waals surface area contributed by atoms with E-state index in [9.17, 15) is 9.90 Å². The molecule has 4 atom stereocenters. The summed E-state index contributed by atoms with van der Waals surface area (Å²) in [5.41, 5.74) is 10.8. The minimum absolute atomic E-state index is 0.0822. The summed E-state index contributed by atoms with van der Waals surface area (Å²) in [5, 5.41) is 10.5. The van der Waals surface area contributed by atoms with Gasteiger partial charge < -0.3 is 30.9 Å². The third-order valence-corrected chi connectivity index (χ3v) is 5.83. The van der Waals surface area contributed by atoms with Gasteiger partial charge >= 0.3 is 0 Å². The average molecular weight is 313 g/mol. The minimum Gasteiger partial charge on any atom is -0.388 e. The molecule has 3 rings (SSSR count). The van der Waals surface area contributed by atoms with E-state index in [1.54, 1.807) is 11.9 Å². The van der Waals surface area contributed by atoms with Crippen molar-refractivity contribution in [3.05, 3.63) is 0 Å². The first kappa shape index (κ1) is 16.1. The van der Waals surface area contributed by atoms with Gasteiger partial charge in [0.05, 0.1) is 23.2 Å². The Morgan fingerprint density at radius 3 is 2.64 bits per heavy atom. The molecule has 4 unspecified atom stereocenters. The fraction of sp³-hybridized carbons (Fsp3) is 0.933. The van der Waals surface area contributed by atoms with Crippen LogP contribution in [0, 0.1) is 5.41 Å². The summed E-state index contributed by atoms with van der Waals surface area (Å²) in [6.07, 6.45) is 1.99. The van der Waals surface area contributed by atoms with Gasteiger partial charge in [-0.3, -0.25) is 4.79 Å². The molecule has 126 valence electrons. The highest BCUT2D eigenvalue weighted by molar-refractivity contribution is 5.87. The molecule has 3 fully saturated rings. The SMILES string of the molecule is CN1C(=O)C2(CCOCC2)C(N)C1C1CC(O)(CN)CCO1. The predicted octanol–water partition coefficient (Wildman–Crippen LogP) is -1.18. The maximum atomic E-state index is 12.8. The number of rotatable bonds is 2. The van der Waals surface area contributed by atoms with E-state index >= 15 is 0 Å². The van der Waals surface area contributed by atoms with Crippen molar-refractivity contribution >= 4 is 5.91 Å². The van der Waals surface area contributed by atoms with Crippen molar-refractivity contribution in [1.29, 1.82) is 0 Å². The molecule has 7 nitrogen and oxygen atoms in total.